The first-order valence-corrected chi connectivity index (χ1v) is 7.28. The average molecular weight is 288 g/mol. The highest BCUT2D eigenvalue weighted by Crippen LogP contribution is 2.19. The molecule has 0 atom stereocenters. The van der Waals surface area contributed by atoms with Gasteiger partial charge < -0.3 is 9.26 Å². The fourth-order valence-corrected chi connectivity index (χ4v) is 2.56. The molecular formula is C15H20N4O2. The molecule has 1 saturated heterocycles. The standard InChI is InChI=1S/C15H20N4O2/c1-11-7-16-9-15(18-11)20-14-3-5-19(6-4-14)10-13-8-17-21-12(13)2/h7-9,14H,3-6,10H2,1-2H3. The predicted molar refractivity (Wildman–Crippen MR) is 76.9 cm³/mol. The molecule has 0 amide bonds. The van der Waals surface area contributed by atoms with Gasteiger partial charge in [-0.3, -0.25) is 9.88 Å². The monoisotopic (exact) mass is 288 g/mol. The summed E-state index contributed by atoms with van der Waals surface area (Å²) in [4.78, 5) is 10.9. The summed E-state index contributed by atoms with van der Waals surface area (Å²) in [7, 11) is 0. The maximum Gasteiger partial charge on any atom is 0.232 e. The molecule has 6 heteroatoms. The van der Waals surface area contributed by atoms with Crippen molar-refractivity contribution in [2.75, 3.05) is 13.1 Å². The van der Waals surface area contributed by atoms with Gasteiger partial charge in [0.25, 0.3) is 0 Å². The number of ether oxygens (including phenoxy) is 1. The summed E-state index contributed by atoms with van der Waals surface area (Å²) in [6.45, 7) is 6.79. The summed E-state index contributed by atoms with van der Waals surface area (Å²) in [6, 6.07) is 0. The molecule has 3 heterocycles. The molecule has 3 rings (SSSR count). The van der Waals surface area contributed by atoms with Crippen LogP contribution in [0.5, 0.6) is 5.88 Å². The van der Waals surface area contributed by atoms with E-state index in [1.54, 1.807) is 18.6 Å². The van der Waals surface area contributed by atoms with Crippen molar-refractivity contribution >= 4 is 0 Å². The van der Waals surface area contributed by atoms with E-state index in [9.17, 15) is 0 Å². The van der Waals surface area contributed by atoms with Crippen LogP contribution in [0.4, 0.5) is 0 Å². The minimum atomic E-state index is 0.223. The second-order valence-corrected chi connectivity index (χ2v) is 5.50. The van der Waals surface area contributed by atoms with Gasteiger partial charge in [0.1, 0.15) is 11.9 Å². The van der Waals surface area contributed by atoms with Crippen LogP contribution in [0.15, 0.2) is 23.1 Å². The van der Waals surface area contributed by atoms with Gasteiger partial charge in [0.2, 0.25) is 5.88 Å². The Hall–Kier alpha value is -1.95. The molecule has 1 aliphatic rings. The normalized spacial score (nSPS) is 17.0. The molecule has 2 aromatic rings. The van der Waals surface area contributed by atoms with Crippen LogP contribution in [0.1, 0.15) is 29.9 Å². The first kappa shape index (κ1) is 14.0. The molecule has 1 fully saturated rings. The Morgan fingerprint density at radius 3 is 2.71 bits per heavy atom. The van der Waals surface area contributed by atoms with Crippen molar-refractivity contribution in [1.29, 1.82) is 0 Å². The molecule has 0 radical (unpaired) electrons. The minimum absolute atomic E-state index is 0.223. The number of rotatable bonds is 4. The van der Waals surface area contributed by atoms with E-state index in [0.29, 0.717) is 5.88 Å². The molecule has 0 N–H and O–H groups in total. The van der Waals surface area contributed by atoms with Crippen molar-refractivity contribution in [3.05, 3.63) is 35.6 Å². The summed E-state index contributed by atoms with van der Waals surface area (Å²) in [5.74, 6) is 1.53. The van der Waals surface area contributed by atoms with E-state index in [-0.39, 0.29) is 6.10 Å². The summed E-state index contributed by atoms with van der Waals surface area (Å²) in [6.07, 6.45) is 7.44. The zero-order chi connectivity index (χ0) is 14.7. The van der Waals surface area contributed by atoms with Gasteiger partial charge >= 0.3 is 0 Å². The number of piperidine rings is 1. The zero-order valence-electron chi connectivity index (χ0n) is 12.5. The largest absolute Gasteiger partial charge is 0.473 e. The third-order valence-electron chi connectivity index (χ3n) is 3.80. The van der Waals surface area contributed by atoms with E-state index >= 15 is 0 Å². The second-order valence-electron chi connectivity index (χ2n) is 5.50. The van der Waals surface area contributed by atoms with Crippen LogP contribution in [0, 0.1) is 13.8 Å². The molecule has 6 nitrogen and oxygen atoms in total. The molecular weight excluding hydrogens is 268 g/mol. The number of aromatic nitrogens is 3. The molecule has 0 aliphatic carbocycles. The molecule has 0 bridgehead atoms. The van der Waals surface area contributed by atoms with E-state index in [4.69, 9.17) is 9.26 Å². The minimum Gasteiger partial charge on any atom is -0.473 e. The molecule has 0 aromatic carbocycles. The van der Waals surface area contributed by atoms with E-state index in [1.807, 2.05) is 13.8 Å². The Balaban J connectivity index is 1.50. The fraction of sp³-hybridized carbons (Fsp3) is 0.533. The Bertz CT molecular complexity index is 591. The van der Waals surface area contributed by atoms with Crippen molar-refractivity contribution in [2.45, 2.75) is 39.3 Å². The molecule has 0 spiro atoms. The van der Waals surface area contributed by atoms with E-state index in [0.717, 1.165) is 43.9 Å². The molecule has 2 aromatic heterocycles. The van der Waals surface area contributed by atoms with Gasteiger partial charge in [-0.05, 0) is 26.7 Å². The lowest BCUT2D eigenvalue weighted by Gasteiger charge is -2.31. The van der Waals surface area contributed by atoms with Crippen molar-refractivity contribution < 1.29 is 9.26 Å². The Morgan fingerprint density at radius 2 is 2.05 bits per heavy atom. The van der Waals surface area contributed by atoms with Gasteiger partial charge in [0, 0.05) is 31.4 Å². The molecule has 0 unspecified atom stereocenters. The lowest BCUT2D eigenvalue weighted by atomic mass is 10.1. The van der Waals surface area contributed by atoms with Gasteiger partial charge in [-0.15, -0.1) is 0 Å². The fourth-order valence-electron chi connectivity index (χ4n) is 2.56. The smallest absolute Gasteiger partial charge is 0.232 e. The number of hydrogen-bond donors (Lipinski definition) is 0. The van der Waals surface area contributed by atoms with Crippen molar-refractivity contribution in [3.8, 4) is 5.88 Å². The summed E-state index contributed by atoms with van der Waals surface area (Å²) >= 11 is 0. The van der Waals surface area contributed by atoms with Gasteiger partial charge in [-0.1, -0.05) is 5.16 Å². The highest BCUT2D eigenvalue weighted by molar-refractivity contribution is 5.11. The molecule has 1 aliphatic heterocycles. The van der Waals surface area contributed by atoms with Crippen molar-refractivity contribution in [1.82, 2.24) is 20.0 Å². The van der Waals surface area contributed by atoms with Crippen molar-refractivity contribution in [2.24, 2.45) is 0 Å². The van der Waals surface area contributed by atoms with Gasteiger partial charge in [0.15, 0.2) is 0 Å². The number of hydrogen-bond acceptors (Lipinski definition) is 6. The Labute approximate surface area is 124 Å². The highest BCUT2D eigenvalue weighted by Gasteiger charge is 2.22. The highest BCUT2D eigenvalue weighted by atomic mass is 16.5. The Kier molecular flexibility index (Phi) is 4.15. The van der Waals surface area contributed by atoms with Gasteiger partial charge in [-0.2, -0.15) is 0 Å². The maximum absolute atomic E-state index is 5.91. The quantitative estimate of drug-likeness (QED) is 0.858. The van der Waals surface area contributed by atoms with E-state index in [1.165, 1.54) is 5.56 Å². The number of aryl methyl sites for hydroxylation is 2. The molecule has 0 saturated carbocycles. The first-order chi connectivity index (χ1) is 10.2. The van der Waals surface area contributed by atoms with Crippen LogP contribution in [0.3, 0.4) is 0 Å². The molecule has 112 valence electrons. The summed E-state index contributed by atoms with van der Waals surface area (Å²) in [5.41, 5.74) is 2.05. The van der Waals surface area contributed by atoms with Crippen LogP contribution in [-0.4, -0.2) is 39.2 Å². The number of nitrogens with zero attached hydrogens (tertiary/aromatic N) is 4. The first-order valence-electron chi connectivity index (χ1n) is 7.28. The average Bonchev–Trinajstić information content (AvgIpc) is 2.87. The zero-order valence-corrected chi connectivity index (χ0v) is 12.5. The van der Waals surface area contributed by atoms with Crippen LogP contribution in [0.25, 0.3) is 0 Å². The molecule has 21 heavy (non-hydrogen) atoms. The van der Waals surface area contributed by atoms with Gasteiger partial charge in [0.05, 0.1) is 18.1 Å². The van der Waals surface area contributed by atoms with Crippen molar-refractivity contribution in [3.63, 3.8) is 0 Å². The third-order valence-corrected chi connectivity index (χ3v) is 3.80. The van der Waals surface area contributed by atoms with Crippen LogP contribution < -0.4 is 4.74 Å². The summed E-state index contributed by atoms with van der Waals surface area (Å²) in [5, 5.41) is 3.82. The second kappa shape index (κ2) is 6.22. The Morgan fingerprint density at radius 1 is 1.24 bits per heavy atom. The number of likely N-dealkylation sites (tertiary alicyclic amines) is 1. The van der Waals surface area contributed by atoms with Crippen LogP contribution in [-0.2, 0) is 6.54 Å². The topological polar surface area (TPSA) is 64.3 Å². The van der Waals surface area contributed by atoms with Crippen LogP contribution >= 0.6 is 0 Å². The SMILES string of the molecule is Cc1cncc(OC2CCN(Cc3cnoc3C)CC2)n1. The predicted octanol–water partition coefficient (Wildman–Crippen LogP) is 2.12. The lowest BCUT2D eigenvalue weighted by molar-refractivity contribution is 0.0925. The lowest BCUT2D eigenvalue weighted by Crippen LogP contribution is -2.38. The van der Waals surface area contributed by atoms with E-state index in [2.05, 4.69) is 20.0 Å². The van der Waals surface area contributed by atoms with E-state index < -0.39 is 0 Å². The summed E-state index contributed by atoms with van der Waals surface area (Å²) < 4.78 is 11.0. The van der Waals surface area contributed by atoms with Gasteiger partial charge in [-0.25, -0.2) is 4.98 Å². The maximum atomic E-state index is 5.91. The third kappa shape index (κ3) is 3.58. The van der Waals surface area contributed by atoms with Crippen LogP contribution in [0.2, 0.25) is 0 Å².